The highest BCUT2D eigenvalue weighted by Gasteiger charge is 2.25. The second kappa shape index (κ2) is 5.81. The van der Waals surface area contributed by atoms with Crippen LogP contribution in [0.3, 0.4) is 0 Å². The van der Waals surface area contributed by atoms with E-state index in [9.17, 15) is 4.79 Å². The molecular weight excluding hydrogens is 294 g/mol. The predicted octanol–water partition coefficient (Wildman–Crippen LogP) is 0.181. The van der Waals surface area contributed by atoms with Gasteiger partial charge in [0.1, 0.15) is 0 Å². The lowest BCUT2D eigenvalue weighted by Gasteiger charge is -2.18. The summed E-state index contributed by atoms with van der Waals surface area (Å²) in [6, 6.07) is 4.38. The summed E-state index contributed by atoms with van der Waals surface area (Å²) in [7, 11) is 0. The lowest BCUT2D eigenvalue weighted by molar-refractivity contribution is 0.550. The maximum absolute atomic E-state index is 11.6. The predicted molar refractivity (Wildman–Crippen MR) is 85.3 cm³/mol. The van der Waals surface area contributed by atoms with E-state index >= 15 is 0 Å². The van der Waals surface area contributed by atoms with Gasteiger partial charge in [-0.2, -0.15) is 0 Å². The molecule has 0 saturated carbocycles. The fourth-order valence-corrected chi connectivity index (χ4v) is 2.94. The first-order valence-electron chi connectivity index (χ1n) is 7.60. The highest BCUT2D eigenvalue weighted by molar-refractivity contribution is 5.63. The zero-order valence-corrected chi connectivity index (χ0v) is 12.5. The summed E-state index contributed by atoms with van der Waals surface area (Å²) in [4.78, 5) is 22.3. The minimum atomic E-state index is -0.242. The van der Waals surface area contributed by atoms with Crippen molar-refractivity contribution in [3.8, 4) is 0 Å². The van der Waals surface area contributed by atoms with Crippen LogP contribution in [0, 0.1) is 0 Å². The van der Waals surface area contributed by atoms with Gasteiger partial charge in [0.05, 0.1) is 0 Å². The normalized spacial score (nSPS) is 17.9. The standard InChI is InChI=1S/C15H17N7O/c23-15-20-19-14-13(17-5-7-22(14)15)21-6-3-12(10-21)18-9-11-2-1-4-16-8-11/h1-2,4-5,7-8,12,18H,3,6,9-10H2,(H,20,23). The van der Waals surface area contributed by atoms with Crippen molar-refractivity contribution in [2.45, 2.75) is 19.0 Å². The molecule has 4 heterocycles. The van der Waals surface area contributed by atoms with Crippen LogP contribution in [-0.2, 0) is 6.54 Å². The SMILES string of the molecule is O=c1[nH]nc2c(N3CCC(NCc4cccnc4)C3)nccn12. The van der Waals surface area contributed by atoms with Gasteiger partial charge in [0.15, 0.2) is 5.82 Å². The molecule has 0 spiro atoms. The number of fused-ring (bicyclic) bond motifs is 1. The van der Waals surface area contributed by atoms with Gasteiger partial charge in [0.2, 0.25) is 5.65 Å². The summed E-state index contributed by atoms with van der Waals surface area (Å²) in [5.41, 5.74) is 1.50. The van der Waals surface area contributed by atoms with Gasteiger partial charge in [-0.15, -0.1) is 5.10 Å². The second-order valence-electron chi connectivity index (χ2n) is 5.65. The first kappa shape index (κ1) is 13.9. The summed E-state index contributed by atoms with van der Waals surface area (Å²) in [6.45, 7) is 2.53. The van der Waals surface area contributed by atoms with Gasteiger partial charge >= 0.3 is 5.69 Å². The van der Waals surface area contributed by atoms with E-state index in [2.05, 4.69) is 36.4 Å². The van der Waals surface area contributed by atoms with Crippen LogP contribution in [-0.4, -0.2) is 43.7 Å². The molecule has 1 saturated heterocycles. The van der Waals surface area contributed by atoms with Gasteiger partial charge in [-0.25, -0.2) is 19.3 Å². The van der Waals surface area contributed by atoms with E-state index in [0.29, 0.717) is 11.7 Å². The molecule has 1 atom stereocenters. The summed E-state index contributed by atoms with van der Waals surface area (Å²) in [6.07, 6.45) is 7.93. The maximum atomic E-state index is 11.6. The van der Waals surface area contributed by atoms with Crippen molar-refractivity contribution in [2.24, 2.45) is 0 Å². The minimum Gasteiger partial charge on any atom is -0.352 e. The van der Waals surface area contributed by atoms with Crippen LogP contribution in [0.2, 0.25) is 0 Å². The molecule has 3 aromatic rings. The Morgan fingerprint density at radius 3 is 3.22 bits per heavy atom. The Balaban J connectivity index is 1.46. The molecule has 0 amide bonds. The second-order valence-corrected chi connectivity index (χ2v) is 5.65. The third-order valence-electron chi connectivity index (χ3n) is 4.12. The van der Waals surface area contributed by atoms with Crippen molar-refractivity contribution in [3.05, 3.63) is 53.0 Å². The molecule has 1 fully saturated rings. The number of pyridine rings is 1. The molecular formula is C15H17N7O. The topological polar surface area (TPSA) is 91.2 Å². The number of hydrogen-bond acceptors (Lipinski definition) is 6. The fourth-order valence-electron chi connectivity index (χ4n) is 2.94. The van der Waals surface area contributed by atoms with Crippen molar-refractivity contribution >= 4 is 11.5 Å². The van der Waals surface area contributed by atoms with Gasteiger partial charge < -0.3 is 10.2 Å². The van der Waals surface area contributed by atoms with Crippen molar-refractivity contribution in [3.63, 3.8) is 0 Å². The van der Waals surface area contributed by atoms with Crippen molar-refractivity contribution < 1.29 is 0 Å². The first-order chi connectivity index (χ1) is 11.3. The molecule has 0 aromatic carbocycles. The summed E-state index contributed by atoms with van der Waals surface area (Å²) < 4.78 is 1.48. The maximum Gasteiger partial charge on any atom is 0.347 e. The molecule has 0 bridgehead atoms. The largest absolute Gasteiger partial charge is 0.352 e. The van der Waals surface area contributed by atoms with E-state index in [0.717, 1.165) is 31.9 Å². The number of nitrogens with zero attached hydrogens (tertiary/aromatic N) is 5. The molecule has 3 aromatic heterocycles. The Kier molecular flexibility index (Phi) is 3.51. The van der Waals surface area contributed by atoms with Crippen LogP contribution in [0.25, 0.3) is 5.65 Å². The molecule has 1 unspecified atom stereocenters. The molecule has 8 nitrogen and oxygen atoms in total. The quantitative estimate of drug-likeness (QED) is 0.714. The van der Waals surface area contributed by atoms with Crippen molar-refractivity contribution in [2.75, 3.05) is 18.0 Å². The molecule has 23 heavy (non-hydrogen) atoms. The van der Waals surface area contributed by atoms with E-state index in [-0.39, 0.29) is 5.69 Å². The number of H-pyrrole nitrogens is 1. The number of nitrogens with one attached hydrogen (secondary N) is 2. The average molecular weight is 311 g/mol. The van der Waals surface area contributed by atoms with Crippen LogP contribution in [0.5, 0.6) is 0 Å². The van der Waals surface area contributed by atoms with Gasteiger partial charge in [0, 0.05) is 50.5 Å². The van der Waals surface area contributed by atoms with Crippen LogP contribution in [0.1, 0.15) is 12.0 Å². The Morgan fingerprint density at radius 1 is 1.39 bits per heavy atom. The number of aromatic amines is 1. The number of aromatic nitrogens is 5. The molecule has 8 heteroatoms. The Bertz CT molecular complexity index is 857. The van der Waals surface area contributed by atoms with E-state index in [4.69, 9.17) is 0 Å². The number of rotatable bonds is 4. The smallest absolute Gasteiger partial charge is 0.347 e. The van der Waals surface area contributed by atoms with E-state index in [1.165, 1.54) is 9.96 Å². The summed E-state index contributed by atoms with van der Waals surface area (Å²) in [5.74, 6) is 0.747. The minimum absolute atomic E-state index is 0.242. The Hall–Kier alpha value is -2.74. The summed E-state index contributed by atoms with van der Waals surface area (Å²) in [5, 5.41) is 10.1. The van der Waals surface area contributed by atoms with Gasteiger partial charge in [0.25, 0.3) is 0 Å². The first-order valence-corrected chi connectivity index (χ1v) is 7.60. The van der Waals surface area contributed by atoms with Gasteiger partial charge in [-0.3, -0.25) is 4.98 Å². The third kappa shape index (κ3) is 2.68. The third-order valence-corrected chi connectivity index (χ3v) is 4.12. The lowest BCUT2D eigenvalue weighted by atomic mass is 10.2. The Morgan fingerprint density at radius 2 is 2.35 bits per heavy atom. The van der Waals surface area contributed by atoms with E-state index < -0.39 is 0 Å². The molecule has 0 aliphatic carbocycles. The summed E-state index contributed by atoms with van der Waals surface area (Å²) >= 11 is 0. The lowest BCUT2D eigenvalue weighted by Crippen LogP contribution is -2.32. The van der Waals surface area contributed by atoms with Crippen LogP contribution in [0.4, 0.5) is 5.82 Å². The zero-order chi connectivity index (χ0) is 15.6. The molecule has 1 aliphatic heterocycles. The highest BCUT2D eigenvalue weighted by Crippen LogP contribution is 2.21. The van der Waals surface area contributed by atoms with Gasteiger partial charge in [-0.05, 0) is 18.1 Å². The van der Waals surface area contributed by atoms with E-state index in [1.54, 1.807) is 18.6 Å². The Labute approximate surface area is 132 Å². The number of anilines is 1. The van der Waals surface area contributed by atoms with Crippen LogP contribution < -0.4 is 15.9 Å². The van der Waals surface area contributed by atoms with Crippen LogP contribution >= 0.6 is 0 Å². The molecule has 1 aliphatic rings. The average Bonchev–Trinajstić information content (AvgIpc) is 3.21. The molecule has 0 radical (unpaired) electrons. The highest BCUT2D eigenvalue weighted by atomic mass is 16.1. The van der Waals surface area contributed by atoms with E-state index in [1.807, 2.05) is 12.3 Å². The van der Waals surface area contributed by atoms with Gasteiger partial charge in [-0.1, -0.05) is 6.07 Å². The fraction of sp³-hybridized carbons (Fsp3) is 0.333. The molecule has 118 valence electrons. The van der Waals surface area contributed by atoms with Crippen molar-refractivity contribution in [1.82, 2.24) is 29.9 Å². The zero-order valence-electron chi connectivity index (χ0n) is 12.5. The number of hydrogen-bond donors (Lipinski definition) is 2. The van der Waals surface area contributed by atoms with Crippen LogP contribution in [0.15, 0.2) is 41.7 Å². The molecule has 4 rings (SSSR count). The van der Waals surface area contributed by atoms with Crippen molar-refractivity contribution in [1.29, 1.82) is 0 Å². The monoisotopic (exact) mass is 311 g/mol. The molecule has 2 N–H and O–H groups in total.